The molecule has 0 spiro atoms. The van der Waals surface area contributed by atoms with Crippen LogP contribution < -0.4 is 5.32 Å². The van der Waals surface area contributed by atoms with Crippen LogP contribution in [-0.2, 0) is 4.79 Å². The van der Waals surface area contributed by atoms with Crippen LogP contribution in [0.25, 0.3) is 0 Å². The molecule has 0 heterocycles. The fraction of sp³-hybridized carbons (Fsp3) is 0.562. The number of rotatable bonds is 6. The second kappa shape index (κ2) is 6.52. The molecule has 1 aliphatic carbocycles. The first kappa shape index (κ1) is 15.9. The van der Waals surface area contributed by atoms with Gasteiger partial charge in [-0.15, -0.1) is 0 Å². The average molecular weight is 297 g/mol. The van der Waals surface area contributed by atoms with Crippen LogP contribution in [0, 0.1) is 23.5 Å². The van der Waals surface area contributed by atoms with Crippen molar-refractivity contribution in [3.8, 4) is 0 Å². The number of hydrogen-bond donors (Lipinski definition) is 2. The Morgan fingerprint density at radius 3 is 2.67 bits per heavy atom. The summed E-state index contributed by atoms with van der Waals surface area (Å²) in [6, 6.07) is 3.74. The largest absolute Gasteiger partial charge is 0.396 e. The summed E-state index contributed by atoms with van der Waals surface area (Å²) in [6.07, 6.45) is 1.17. The van der Waals surface area contributed by atoms with Gasteiger partial charge in [0.25, 0.3) is 0 Å². The highest BCUT2D eigenvalue weighted by molar-refractivity contribution is 5.83. The van der Waals surface area contributed by atoms with Gasteiger partial charge in [-0.1, -0.05) is 19.9 Å². The van der Waals surface area contributed by atoms with Gasteiger partial charge in [-0.25, -0.2) is 8.78 Å². The lowest BCUT2D eigenvalue weighted by Crippen LogP contribution is -2.40. The molecular formula is C16H21F2NO2. The van der Waals surface area contributed by atoms with Crippen molar-refractivity contribution in [2.24, 2.45) is 11.8 Å². The van der Waals surface area contributed by atoms with Crippen molar-refractivity contribution in [2.75, 3.05) is 6.61 Å². The lowest BCUT2D eigenvalue weighted by molar-refractivity contribution is -0.123. The molecule has 2 rings (SSSR count). The van der Waals surface area contributed by atoms with E-state index < -0.39 is 11.6 Å². The van der Waals surface area contributed by atoms with E-state index in [0.29, 0.717) is 18.4 Å². The number of carbonyl (C=O) groups excluding carboxylic acids is 1. The summed E-state index contributed by atoms with van der Waals surface area (Å²) in [5.41, 5.74) is 0.664. The van der Waals surface area contributed by atoms with Crippen LogP contribution in [0.1, 0.15) is 38.2 Å². The molecule has 1 fully saturated rings. The van der Waals surface area contributed by atoms with E-state index in [4.69, 9.17) is 5.11 Å². The summed E-state index contributed by atoms with van der Waals surface area (Å²) in [5.74, 6) is -1.81. The van der Waals surface area contributed by atoms with E-state index in [-0.39, 0.29) is 36.3 Å². The van der Waals surface area contributed by atoms with E-state index >= 15 is 0 Å². The van der Waals surface area contributed by atoms with Gasteiger partial charge in [0, 0.05) is 18.6 Å². The highest BCUT2D eigenvalue weighted by Gasteiger charge is 2.44. The average Bonchev–Trinajstić information content (AvgIpc) is 3.21. The first-order chi connectivity index (χ1) is 9.93. The minimum atomic E-state index is -0.876. The predicted octanol–water partition coefficient (Wildman–Crippen LogP) is 2.59. The number of aliphatic hydroxyl groups is 1. The van der Waals surface area contributed by atoms with Crippen LogP contribution in [0.5, 0.6) is 0 Å². The van der Waals surface area contributed by atoms with Crippen molar-refractivity contribution in [1.82, 2.24) is 5.32 Å². The van der Waals surface area contributed by atoms with Crippen LogP contribution in [0.3, 0.4) is 0 Å². The fourth-order valence-electron chi connectivity index (χ4n) is 2.60. The number of hydrogen-bond acceptors (Lipinski definition) is 2. The molecule has 0 bridgehead atoms. The molecule has 1 aromatic rings. The van der Waals surface area contributed by atoms with Crippen molar-refractivity contribution in [1.29, 1.82) is 0 Å². The molecule has 21 heavy (non-hydrogen) atoms. The van der Waals surface area contributed by atoms with Gasteiger partial charge in [0.1, 0.15) is 0 Å². The van der Waals surface area contributed by atoms with E-state index in [1.165, 1.54) is 12.1 Å². The number of carbonyl (C=O) groups is 1. The Balaban J connectivity index is 1.95. The zero-order valence-corrected chi connectivity index (χ0v) is 12.3. The molecule has 2 N–H and O–H groups in total. The zero-order valence-electron chi connectivity index (χ0n) is 12.3. The van der Waals surface area contributed by atoms with Crippen LogP contribution in [0.15, 0.2) is 18.2 Å². The van der Waals surface area contributed by atoms with Crippen LogP contribution in [0.2, 0.25) is 0 Å². The first-order valence-electron chi connectivity index (χ1n) is 7.30. The molecule has 1 amide bonds. The minimum absolute atomic E-state index is 0.0282. The molecule has 0 saturated heterocycles. The van der Waals surface area contributed by atoms with Crippen LogP contribution in [-0.4, -0.2) is 23.7 Å². The van der Waals surface area contributed by atoms with E-state index in [1.54, 1.807) is 0 Å². The van der Waals surface area contributed by atoms with Crippen molar-refractivity contribution in [2.45, 2.75) is 38.6 Å². The van der Waals surface area contributed by atoms with E-state index in [2.05, 4.69) is 5.32 Å². The summed E-state index contributed by atoms with van der Waals surface area (Å²) in [6.45, 7) is 4.00. The summed E-state index contributed by atoms with van der Waals surface area (Å²) in [4.78, 5) is 12.2. The first-order valence-corrected chi connectivity index (χ1v) is 7.30. The Labute approximate surface area is 123 Å². The van der Waals surface area contributed by atoms with Crippen molar-refractivity contribution >= 4 is 5.91 Å². The fourth-order valence-corrected chi connectivity index (χ4v) is 2.60. The number of aliphatic hydroxyl groups excluding tert-OH is 1. The zero-order chi connectivity index (χ0) is 15.6. The van der Waals surface area contributed by atoms with Gasteiger partial charge in [-0.3, -0.25) is 4.79 Å². The second-order valence-corrected chi connectivity index (χ2v) is 5.99. The third-order valence-electron chi connectivity index (χ3n) is 4.07. The molecule has 0 radical (unpaired) electrons. The van der Waals surface area contributed by atoms with Gasteiger partial charge >= 0.3 is 0 Å². The third kappa shape index (κ3) is 3.79. The smallest absolute Gasteiger partial charge is 0.223 e. The van der Waals surface area contributed by atoms with Gasteiger partial charge < -0.3 is 10.4 Å². The monoisotopic (exact) mass is 297 g/mol. The van der Waals surface area contributed by atoms with Gasteiger partial charge in [-0.05, 0) is 42.4 Å². The molecule has 5 heteroatoms. The number of nitrogens with one attached hydrogen (secondary N) is 1. The molecule has 3 unspecified atom stereocenters. The Kier molecular flexibility index (Phi) is 4.93. The summed E-state index contributed by atoms with van der Waals surface area (Å²) < 4.78 is 26.1. The highest BCUT2D eigenvalue weighted by atomic mass is 19.2. The van der Waals surface area contributed by atoms with Crippen molar-refractivity contribution in [3.63, 3.8) is 0 Å². The molecular weight excluding hydrogens is 276 g/mol. The van der Waals surface area contributed by atoms with Gasteiger partial charge in [-0.2, -0.15) is 0 Å². The summed E-state index contributed by atoms with van der Waals surface area (Å²) in [5, 5.41) is 11.9. The van der Waals surface area contributed by atoms with Gasteiger partial charge in [0.2, 0.25) is 5.91 Å². The molecule has 1 saturated carbocycles. The topological polar surface area (TPSA) is 49.3 Å². The van der Waals surface area contributed by atoms with Crippen molar-refractivity contribution in [3.05, 3.63) is 35.4 Å². The van der Waals surface area contributed by atoms with E-state index in [0.717, 1.165) is 6.07 Å². The predicted molar refractivity (Wildman–Crippen MR) is 75.7 cm³/mol. The number of amides is 1. The highest BCUT2D eigenvalue weighted by Crippen LogP contribution is 2.47. The molecule has 0 aliphatic heterocycles. The molecule has 3 nitrogen and oxygen atoms in total. The summed E-state index contributed by atoms with van der Waals surface area (Å²) >= 11 is 0. The Hall–Kier alpha value is -1.49. The quantitative estimate of drug-likeness (QED) is 0.848. The number of halogens is 2. The van der Waals surface area contributed by atoms with E-state index in [9.17, 15) is 13.6 Å². The lowest BCUT2D eigenvalue weighted by atomic mass is 10.0. The molecule has 1 aromatic carbocycles. The molecule has 0 aromatic heterocycles. The normalized spacial score (nSPS) is 22.2. The molecule has 116 valence electrons. The summed E-state index contributed by atoms with van der Waals surface area (Å²) in [7, 11) is 0. The maximum absolute atomic E-state index is 13.2. The van der Waals surface area contributed by atoms with E-state index in [1.807, 2.05) is 13.8 Å². The lowest BCUT2D eigenvalue weighted by Gasteiger charge is -2.21. The maximum atomic E-state index is 13.2. The standard InChI is InChI=1S/C16H21F2NO2/c1-9(2)15(5-6-20)19-16(21)12-8-11(12)10-3-4-13(17)14(18)7-10/h3-4,7,9,11-12,15,20H,5-6,8H2,1-2H3,(H,19,21). The maximum Gasteiger partial charge on any atom is 0.223 e. The molecule has 3 atom stereocenters. The van der Waals surface area contributed by atoms with Crippen molar-refractivity contribution < 1.29 is 18.7 Å². The van der Waals surface area contributed by atoms with Gasteiger partial charge in [0.05, 0.1) is 0 Å². The Morgan fingerprint density at radius 2 is 2.10 bits per heavy atom. The Morgan fingerprint density at radius 1 is 1.38 bits per heavy atom. The third-order valence-corrected chi connectivity index (χ3v) is 4.07. The van der Waals surface area contributed by atoms with Crippen LogP contribution in [0.4, 0.5) is 8.78 Å². The Bertz CT molecular complexity index is 519. The molecule has 1 aliphatic rings. The van der Waals surface area contributed by atoms with Gasteiger partial charge in [0.15, 0.2) is 11.6 Å². The minimum Gasteiger partial charge on any atom is -0.396 e. The van der Waals surface area contributed by atoms with Crippen LogP contribution >= 0.6 is 0 Å². The SMILES string of the molecule is CC(C)C(CCO)NC(=O)C1CC1c1ccc(F)c(F)c1. The number of benzene rings is 1. The second-order valence-electron chi connectivity index (χ2n) is 5.99.